The van der Waals surface area contributed by atoms with Crippen LogP contribution < -0.4 is 10.1 Å². The van der Waals surface area contributed by atoms with Crippen LogP contribution in [0, 0.1) is 0 Å². The van der Waals surface area contributed by atoms with Crippen molar-refractivity contribution in [1.29, 1.82) is 0 Å². The minimum atomic E-state index is -0.00262. The largest absolute Gasteiger partial charge is 0.481 e. The summed E-state index contributed by atoms with van der Waals surface area (Å²) in [6.45, 7) is 0.459. The Bertz CT molecular complexity index is 808. The number of nitrogens with zero attached hydrogens (tertiary/aromatic N) is 1. The second kappa shape index (κ2) is 6.92. The molecular weight excluding hydrogens is 288 g/mol. The van der Waals surface area contributed by atoms with Gasteiger partial charge in [-0.25, -0.2) is 4.98 Å². The fraction of sp³-hybridized carbons (Fsp3) is 0.158. The third-order valence-electron chi connectivity index (χ3n) is 3.73. The Hall–Kier alpha value is -2.88. The van der Waals surface area contributed by atoms with Crippen LogP contribution in [0.3, 0.4) is 0 Å². The van der Waals surface area contributed by atoms with Gasteiger partial charge in [0.05, 0.1) is 13.5 Å². The second-order valence-electron chi connectivity index (χ2n) is 5.30. The Morgan fingerprint density at radius 2 is 1.91 bits per heavy atom. The van der Waals surface area contributed by atoms with Crippen molar-refractivity contribution in [1.82, 2.24) is 10.3 Å². The third-order valence-corrected chi connectivity index (χ3v) is 3.73. The topological polar surface area (TPSA) is 51.2 Å². The van der Waals surface area contributed by atoms with Crippen molar-refractivity contribution in [3.8, 4) is 5.88 Å². The highest BCUT2D eigenvalue weighted by Gasteiger charge is 2.07. The lowest BCUT2D eigenvalue weighted by molar-refractivity contribution is -0.120. The first kappa shape index (κ1) is 15.0. The summed E-state index contributed by atoms with van der Waals surface area (Å²) in [7, 11) is 1.58. The molecule has 3 aromatic rings. The predicted molar refractivity (Wildman–Crippen MR) is 90.3 cm³/mol. The van der Waals surface area contributed by atoms with Crippen LogP contribution in [-0.2, 0) is 17.8 Å². The minimum absolute atomic E-state index is 0.00262. The van der Waals surface area contributed by atoms with E-state index in [1.165, 1.54) is 0 Å². The van der Waals surface area contributed by atoms with Crippen LogP contribution in [0.5, 0.6) is 5.88 Å². The summed E-state index contributed by atoms with van der Waals surface area (Å²) in [5, 5.41) is 5.20. The van der Waals surface area contributed by atoms with E-state index in [2.05, 4.69) is 22.4 Å². The lowest BCUT2D eigenvalue weighted by atomic mass is 10.0. The van der Waals surface area contributed by atoms with Crippen molar-refractivity contribution in [2.75, 3.05) is 7.11 Å². The molecule has 0 aliphatic carbocycles. The van der Waals surface area contributed by atoms with E-state index in [1.54, 1.807) is 19.4 Å². The van der Waals surface area contributed by atoms with Gasteiger partial charge in [-0.1, -0.05) is 48.5 Å². The molecule has 1 amide bonds. The molecular formula is C19H18N2O2. The van der Waals surface area contributed by atoms with Gasteiger partial charge in [0.1, 0.15) is 0 Å². The summed E-state index contributed by atoms with van der Waals surface area (Å²) in [5.74, 6) is 0.563. The van der Waals surface area contributed by atoms with Gasteiger partial charge in [-0.2, -0.15) is 0 Å². The molecule has 0 aliphatic rings. The van der Waals surface area contributed by atoms with E-state index in [4.69, 9.17) is 4.74 Å². The summed E-state index contributed by atoms with van der Waals surface area (Å²) in [6.07, 6.45) is 2.07. The highest BCUT2D eigenvalue weighted by atomic mass is 16.5. The van der Waals surface area contributed by atoms with Gasteiger partial charge in [-0.3, -0.25) is 4.79 Å². The number of carbonyl (C=O) groups excluding carboxylic acids is 1. The molecule has 0 radical (unpaired) electrons. The Labute approximate surface area is 135 Å². The van der Waals surface area contributed by atoms with Crippen molar-refractivity contribution >= 4 is 16.7 Å². The van der Waals surface area contributed by atoms with E-state index >= 15 is 0 Å². The number of fused-ring (bicyclic) bond motifs is 1. The lowest BCUT2D eigenvalue weighted by Gasteiger charge is -2.08. The van der Waals surface area contributed by atoms with Crippen molar-refractivity contribution < 1.29 is 9.53 Å². The maximum Gasteiger partial charge on any atom is 0.224 e. The Morgan fingerprint density at radius 3 is 2.70 bits per heavy atom. The highest BCUT2D eigenvalue weighted by molar-refractivity contribution is 5.90. The first-order chi connectivity index (χ1) is 11.3. The average molecular weight is 306 g/mol. The summed E-state index contributed by atoms with van der Waals surface area (Å²) >= 11 is 0. The van der Waals surface area contributed by atoms with Gasteiger partial charge in [0.15, 0.2) is 0 Å². The molecule has 1 N–H and O–H groups in total. The Morgan fingerprint density at radius 1 is 1.09 bits per heavy atom. The predicted octanol–water partition coefficient (Wildman–Crippen LogP) is 3.10. The van der Waals surface area contributed by atoms with Gasteiger partial charge >= 0.3 is 0 Å². The number of ether oxygens (including phenoxy) is 1. The fourth-order valence-corrected chi connectivity index (χ4v) is 2.52. The van der Waals surface area contributed by atoms with Gasteiger partial charge in [0.25, 0.3) is 0 Å². The van der Waals surface area contributed by atoms with Crippen LogP contribution in [0.4, 0.5) is 0 Å². The summed E-state index contributed by atoms with van der Waals surface area (Å²) in [5.41, 5.74) is 1.98. The van der Waals surface area contributed by atoms with E-state index < -0.39 is 0 Å². The van der Waals surface area contributed by atoms with E-state index in [-0.39, 0.29) is 5.91 Å². The standard InChI is InChI=1S/C19H18N2O2/c1-23-19-10-9-14(13-21-19)12-20-18(22)11-16-7-4-6-15-5-2-3-8-17(15)16/h2-10,13H,11-12H2,1H3,(H,20,22). The molecule has 0 bridgehead atoms. The first-order valence-corrected chi connectivity index (χ1v) is 7.48. The number of hydrogen-bond donors (Lipinski definition) is 1. The van der Waals surface area contributed by atoms with E-state index in [9.17, 15) is 4.79 Å². The molecule has 0 unspecified atom stereocenters. The van der Waals surface area contributed by atoms with Crippen molar-refractivity contribution in [2.24, 2.45) is 0 Å². The smallest absolute Gasteiger partial charge is 0.224 e. The molecule has 3 rings (SSSR count). The number of benzene rings is 2. The van der Waals surface area contributed by atoms with E-state index in [1.807, 2.05) is 36.4 Å². The van der Waals surface area contributed by atoms with Gasteiger partial charge in [0.2, 0.25) is 11.8 Å². The normalized spacial score (nSPS) is 10.5. The molecule has 0 saturated carbocycles. The number of aromatic nitrogens is 1. The zero-order valence-electron chi connectivity index (χ0n) is 13.0. The molecule has 0 aliphatic heterocycles. The maximum absolute atomic E-state index is 12.2. The number of carbonyl (C=O) groups is 1. The van der Waals surface area contributed by atoms with Crippen LogP contribution in [0.2, 0.25) is 0 Å². The quantitative estimate of drug-likeness (QED) is 0.788. The zero-order chi connectivity index (χ0) is 16.1. The van der Waals surface area contributed by atoms with Crippen molar-refractivity contribution in [3.63, 3.8) is 0 Å². The van der Waals surface area contributed by atoms with Gasteiger partial charge < -0.3 is 10.1 Å². The third kappa shape index (κ3) is 3.66. The average Bonchev–Trinajstić information content (AvgIpc) is 2.61. The molecule has 0 fully saturated rings. The Kier molecular flexibility index (Phi) is 4.52. The number of rotatable bonds is 5. The number of hydrogen-bond acceptors (Lipinski definition) is 3. The number of methoxy groups -OCH3 is 1. The number of pyridine rings is 1. The van der Waals surface area contributed by atoms with Crippen LogP contribution in [0.15, 0.2) is 60.8 Å². The molecule has 0 spiro atoms. The van der Waals surface area contributed by atoms with Crippen LogP contribution >= 0.6 is 0 Å². The van der Waals surface area contributed by atoms with Gasteiger partial charge in [0, 0.05) is 18.8 Å². The summed E-state index contributed by atoms with van der Waals surface area (Å²) in [4.78, 5) is 16.3. The first-order valence-electron chi connectivity index (χ1n) is 7.48. The minimum Gasteiger partial charge on any atom is -0.481 e. The molecule has 2 aromatic carbocycles. The summed E-state index contributed by atoms with van der Waals surface area (Å²) < 4.78 is 5.02. The van der Waals surface area contributed by atoms with Crippen LogP contribution in [-0.4, -0.2) is 18.0 Å². The molecule has 0 saturated heterocycles. The summed E-state index contributed by atoms with van der Waals surface area (Å²) in [6, 6.07) is 17.8. The molecule has 4 nitrogen and oxygen atoms in total. The van der Waals surface area contributed by atoms with Crippen molar-refractivity contribution in [3.05, 3.63) is 71.9 Å². The second-order valence-corrected chi connectivity index (χ2v) is 5.30. The van der Waals surface area contributed by atoms with Gasteiger partial charge in [-0.05, 0) is 21.9 Å². The van der Waals surface area contributed by atoms with Gasteiger partial charge in [-0.15, -0.1) is 0 Å². The lowest BCUT2D eigenvalue weighted by Crippen LogP contribution is -2.24. The fourth-order valence-electron chi connectivity index (χ4n) is 2.52. The number of amides is 1. The number of nitrogens with one attached hydrogen (secondary N) is 1. The molecule has 1 heterocycles. The monoisotopic (exact) mass is 306 g/mol. The molecule has 0 atom stereocenters. The van der Waals surface area contributed by atoms with Crippen LogP contribution in [0.1, 0.15) is 11.1 Å². The Balaban J connectivity index is 1.64. The molecule has 23 heavy (non-hydrogen) atoms. The highest BCUT2D eigenvalue weighted by Crippen LogP contribution is 2.18. The maximum atomic E-state index is 12.2. The molecule has 116 valence electrons. The SMILES string of the molecule is COc1ccc(CNC(=O)Cc2cccc3ccccc23)cn1. The zero-order valence-corrected chi connectivity index (χ0v) is 13.0. The van der Waals surface area contributed by atoms with Crippen molar-refractivity contribution in [2.45, 2.75) is 13.0 Å². The van der Waals surface area contributed by atoms with E-state index in [0.717, 1.165) is 21.9 Å². The van der Waals surface area contributed by atoms with Crippen LogP contribution in [0.25, 0.3) is 10.8 Å². The molecule has 1 aromatic heterocycles. The molecule has 4 heteroatoms. The van der Waals surface area contributed by atoms with E-state index in [0.29, 0.717) is 18.8 Å².